The Morgan fingerprint density at radius 3 is 2.21 bits per heavy atom. The minimum Gasteiger partial charge on any atom is -0.497 e. The minimum atomic E-state index is -4.33. The zero-order valence-electron chi connectivity index (χ0n) is 24.8. The lowest BCUT2D eigenvalue weighted by molar-refractivity contribution is -0.139. The molecule has 0 bridgehead atoms. The molecule has 3 aromatic rings. The molecular formula is C31H38FN3O6S. The highest BCUT2D eigenvalue weighted by Gasteiger charge is 2.34. The Bertz CT molecular complexity index is 1490. The topological polar surface area (TPSA) is 105 Å². The van der Waals surface area contributed by atoms with Crippen molar-refractivity contribution in [3.8, 4) is 11.5 Å². The summed E-state index contributed by atoms with van der Waals surface area (Å²) in [4.78, 5) is 28.3. The van der Waals surface area contributed by atoms with E-state index in [0.29, 0.717) is 12.3 Å². The Morgan fingerprint density at radius 2 is 1.62 bits per heavy atom. The highest BCUT2D eigenvalue weighted by molar-refractivity contribution is 7.92. The normalized spacial score (nSPS) is 12.0. The second-order valence-corrected chi connectivity index (χ2v) is 12.2. The van der Waals surface area contributed by atoms with Crippen LogP contribution in [-0.2, 0) is 26.2 Å². The third-order valence-electron chi connectivity index (χ3n) is 6.69. The van der Waals surface area contributed by atoms with Crippen LogP contribution in [0.5, 0.6) is 11.5 Å². The molecule has 0 aliphatic rings. The van der Waals surface area contributed by atoms with Crippen LogP contribution in [0.25, 0.3) is 0 Å². The summed E-state index contributed by atoms with van der Waals surface area (Å²) in [6.07, 6.45) is 0. The molecule has 0 saturated heterocycles. The number of nitrogens with zero attached hydrogens (tertiary/aromatic N) is 2. The Kier molecular flexibility index (Phi) is 10.9. The quantitative estimate of drug-likeness (QED) is 0.310. The molecule has 1 unspecified atom stereocenters. The molecule has 0 radical (unpaired) electrons. The van der Waals surface area contributed by atoms with Crippen molar-refractivity contribution in [3.05, 3.63) is 83.7 Å². The van der Waals surface area contributed by atoms with Crippen LogP contribution in [0.1, 0.15) is 31.9 Å². The summed E-state index contributed by atoms with van der Waals surface area (Å²) >= 11 is 0. The van der Waals surface area contributed by atoms with E-state index in [1.807, 2.05) is 20.8 Å². The summed E-state index contributed by atoms with van der Waals surface area (Å²) < 4.78 is 54.6. The molecule has 0 heterocycles. The second-order valence-electron chi connectivity index (χ2n) is 10.3. The first kappa shape index (κ1) is 32.4. The van der Waals surface area contributed by atoms with Gasteiger partial charge in [0.2, 0.25) is 11.8 Å². The van der Waals surface area contributed by atoms with E-state index in [-0.39, 0.29) is 34.4 Å². The zero-order valence-corrected chi connectivity index (χ0v) is 25.6. The number of carbonyl (C=O) groups excluding carboxylic acids is 2. The molecule has 3 rings (SSSR count). The van der Waals surface area contributed by atoms with Gasteiger partial charge in [0, 0.05) is 24.7 Å². The number of anilines is 1. The van der Waals surface area contributed by atoms with E-state index in [0.717, 1.165) is 9.87 Å². The van der Waals surface area contributed by atoms with Crippen LogP contribution in [0, 0.1) is 18.7 Å². The van der Waals surface area contributed by atoms with E-state index in [9.17, 15) is 22.4 Å². The van der Waals surface area contributed by atoms with Crippen molar-refractivity contribution >= 4 is 27.5 Å². The Morgan fingerprint density at radius 1 is 0.952 bits per heavy atom. The number of methoxy groups -OCH3 is 2. The number of benzene rings is 3. The summed E-state index contributed by atoms with van der Waals surface area (Å²) in [5, 5.41) is 2.80. The lowest BCUT2D eigenvalue weighted by Crippen LogP contribution is -2.51. The van der Waals surface area contributed by atoms with E-state index >= 15 is 0 Å². The molecular weight excluding hydrogens is 561 g/mol. The van der Waals surface area contributed by atoms with Gasteiger partial charge in [-0.25, -0.2) is 12.8 Å². The molecule has 9 nitrogen and oxygen atoms in total. The predicted molar refractivity (Wildman–Crippen MR) is 160 cm³/mol. The third kappa shape index (κ3) is 7.79. The average Bonchev–Trinajstić information content (AvgIpc) is 2.97. The second kappa shape index (κ2) is 14.2. The maximum Gasteiger partial charge on any atom is 0.264 e. The molecule has 0 aromatic heterocycles. The highest BCUT2D eigenvalue weighted by atomic mass is 32.2. The molecule has 0 aliphatic carbocycles. The van der Waals surface area contributed by atoms with E-state index in [1.54, 1.807) is 24.3 Å². The number of rotatable bonds is 13. The molecule has 0 spiro atoms. The first-order valence-corrected chi connectivity index (χ1v) is 14.9. The number of hydrogen-bond donors (Lipinski definition) is 1. The average molecular weight is 600 g/mol. The van der Waals surface area contributed by atoms with Gasteiger partial charge in [-0.3, -0.25) is 13.9 Å². The monoisotopic (exact) mass is 599 g/mol. The van der Waals surface area contributed by atoms with Crippen LogP contribution in [0.4, 0.5) is 10.1 Å². The summed E-state index contributed by atoms with van der Waals surface area (Å²) in [6, 6.07) is 15.7. The van der Waals surface area contributed by atoms with Gasteiger partial charge in [0.05, 0.1) is 24.8 Å². The Hall–Kier alpha value is -4.12. The molecule has 0 aliphatic heterocycles. The summed E-state index contributed by atoms with van der Waals surface area (Å²) in [5.74, 6) is -1.03. The molecule has 1 atom stereocenters. The van der Waals surface area contributed by atoms with Gasteiger partial charge in [-0.15, -0.1) is 0 Å². The van der Waals surface area contributed by atoms with Crippen LogP contribution in [0.3, 0.4) is 0 Å². The number of aryl methyl sites for hydroxylation is 1. The lowest BCUT2D eigenvalue weighted by atomic mass is 10.1. The van der Waals surface area contributed by atoms with Crippen LogP contribution in [-0.4, -0.2) is 58.5 Å². The summed E-state index contributed by atoms with van der Waals surface area (Å²) in [5.41, 5.74) is 1.10. The van der Waals surface area contributed by atoms with Gasteiger partial charge in [-0.1, -0.05) is 49.7 Å². The first-order valence-electron chi connectivity index (χ1n) is 13.5. The van der Waals surface area contributed by atoms with Gasteiger partial charge in [0.1, 0.15) is 29.9 Å². The molecule has 2 amide bonds. The molecule has 0 fully saturated rings. The van der Waals surface area contributed by atoms with E-state index in [1.165, 1.54) is 68.5 Å². The molecule has 3 aromatic carbocycles. The Labute approximate surface area is 247 Å². The van der Waals surface area contributed by atoms with Crippen molar-refractivity contribution in [2.24, 2.45) is 5.92 Å². The van der Waals surface area contributed by atoms with Crippen LogP contribution in [0.2, 0.25) is 0 Å². The van der Waals surface area contributed by atoms with E-state index in [4.69, 9.17) is 9.47 Å². The predicted octanol–water partition coefficient (Wildman–Crippen LogP) is 4.54. The van der Waals surface area contributed by atoms with Crippen LogP contribution >= 0.6 is 0 Å². The number of hydrogen-bond acceptors (Lipinski definition) is 6. The number of amides is 2. The number of carbonyl (C=O) groups is 2. The van der Waals surface area contributed by atoms with Gasteiger partial charge in [-0.2, -0.15) is 0 Å². The van der Waals surface area contributed by atoms with Crippen molar-refractivity contribution in [1.82, 2.24) is 10.2 Å². The summed E-state index contributed by atoms with van der Waals surface area (Å²) in [7, 11) is -1.51. The molecule has 1 N–H and O–H groups in total. The molecule has 226 valence electrons. The van der Waals surface area contributed by atoms with Gasteiger partial charge in [0.25, 0.3) is 10.0 Å². The zero-order chi connectivity index (χ0) is 31.0. The third-order valence-corrected chi connectivity index (χ3v) is 8.47. The van der Waals surface area contributed by atoms with Crippen molar-refractivity contribution in [2.45, 2.75) is 45.2 Å². The fraction of sp³-hybridized carbons (Fsp3) is 0.355. The number of halogens is 1. The van der Waals surface area contributed by atoms with Crippen LogP contribution in [0.15, 0.2) is 71.6 Å². The number of ether oxygens (including phenoxy) is 2. The lowest BCUT2D eigenvalue weighted by Gasteiger charge is -2.32. The van der Waals surface area contributed by atoms with Crippen molar-refractivity contribution < 1.29 is 31.9 Å². The molecule has 11 heteroatoms. The molecule has 42 heavy (non-hydrogen) atoms. The van der Waals surface area contributed by atoms with E-state index < -0.39 is 40.2 Å². The van der Waals surface area contributed by atoms with Gasteiger partial charge >= 0.3 is 0 Å². The Balaban J connectivity index is 2.12. The number of sulfonamides is 1. The number of nitrogens with one attached hydrogen (secondary N) is 1. The maximum absolute atomic E-state index is 14.7. The fourth-order valence-electron chi connectivity index (χ4n) is 4.19. The SMILES string of the molecule is COc1ccc(OC)c(N(CC(=O)N(Cc2ccccc2F)C(C)C(=O)NCC(C)C)S(=O)(=O)c2ccc(C)cc2)c1. The van der Waals surface area contributed by atoms with Gasteiger partial charge in [-0.05, 0) is 50.1 Å². The van der Waals surface area contributed by atoms with Gasteiger partial charge < -0.3 is 19.7 Å². The van der Waals surface area contributed by atoms with Crippen molar-refractivity contribution in [1.29, 1.82) is 0 Å². The van der Waals surface area contributed by atoms with Gasteiger partial charge in [0.15, 0.2) is 0 Å². The summed E-state index contributed by atoms with van der Waals surface area (Å²) in [6.45, 7) is 6.64. The van der Waals surface area contributed by atoms with Crippen LogP contribution < -0.4 is 19.1 Å². The minimum absolute atomic E-state index is 0.0471. The highest BCUT2D eigenvalue weighted by Crippen LogP contribution is 2.36. The van der Waals surface area contributed by atoms with Crippen molar-refractivity contribution in [3.63, 3.8) is 0 Å². The van der Waals surface area contributed by atoms with E-state index in [2.05, 4.69) is 5.32 Å². The largest absolute Gasteiger partial charge is 0.497 e. The smallest absolute Gasteiger partial charge is 0.264 e. The molecule has 0 saturated carbocycles. The first-order chi connectivity index (χ1) is 19.9. The maximum atomic E-state index is 14.7. The standard InChI is InChI=1S/C31H38FN3O6S/c1-21(2)18-33-31(37)23(4)34(19-24-9-7-8-10-27(24)32)30(36)20-35(28-17-25(40-5)13-16-29(28)41-6)42(38,39)26-14-11-22(3)12-15-26/h7-17,21,23H,18-20H2,1-6H3,(H,33,37). The fourth-order valence-corrected chi connectivity index (χ4v) is 5.60. The van der Waals surface area contributed by atoms with Crippen molar-refractivity contribution in [2.75, 3.05) is 31.6 Å².